The molecule has 0 spiro atoms. The van der Waals surface area contributed by atoms with Gasteiger partial charge < -0.3 is 9.64 Å². The van der Waals surface area contributed by atoms with Crippen molar-refractivity contribution in [3.05, 3.63) is 0 Å². The van der Waals surface area contributed by atoms with E-state index in [0.717, 1.165) is 26.0 Å². The monoisotopic (exact) mass is 187 g/mol. The quantitative estimate of drug-likeness (QED) is 0.590. The van der Waals surface area contributed by atoms with Crippen LogP contribution >= 0.6 is 0 Å². The molecule has 0 aliphatic heterocycles. The molecule has 3 heteroatoms. The predicted molar refractivity (Wildman–Crippen MR) is 53.6 cm³/mol. The lowest BCUT2D eigenvalue weighted by Crippen LogP contribution is -2.31. The van der Waals surface area contributed by atoms with E-state index in [2.05, 4.69) is 0 Å². The second-order valence-electron chi connectivity index (χ2n) is 3.61. The van der Waals surface area contributed by atoms with Crippen molar-refractivity contribution < 1.29 is 9.53 Å². The summed E-state index contributed by atoms with van der Waals surface area (Å²) in [6.45, 7) is 5.46. The van der Waals surface area contributed by atoms with Crippen molar-refractivity contribution in [1.82, 2.24) is 4.90 Å². The summed E-state index contributed by atoms with van der Waals surface area (Å²) in [5, 5.41) is 0. The number of ether oxygens (including phenoxy) is 1. The highest BCUT2D eigenvalue weighted by Crippen LogP contribution is 2.00. The smallest absolute Gasteiger partial charge is 0.224 e. The Morgan fingerprint density at radius 3 is 2.46 bits per heavy atom. The van der Waals surface area contributed by atoms with Crippen molar-refractivity contribution in [2.75, 3.05) is 27.3 Å². The third-order valence-corrected chi connectivity index (χ3v) is 1.96. The minimum absolute atomic E-state index is 0.104. The summed E-state index contributed by atoms with van der Waals surface area (Å²) >= 11 is 0. The molecule has 0 fully saturated rings. The van der Waals surface area contributed by atoms with Crippen LogP contribution in [-0.2, 0) is 9.53 Å². The van der Waals surface area contributed by atoms with Crippen molar-refractivity contribution >= 4 is 5.91 Å². The second kappa shape index (κ2) is 6.89. The van der Waals surface area contributed by atoms with Gasteiger partial charge in [0.25, 0.3) is 0 Å². The molecule has 1 amide bonds. The number of rotatable bonds is 6. The first-order valence-corrected chi connectivity index (χ1v) is 4.83. The summed E-state index contributed by atoms with van der Waals surface area (Å²) in [6, 6.07) is 0. The van der Waals surface area contributed by atoms with Crippen molar-refractivity contribution in [3.8, 4) is 0 Å². The molecule has 0 aromatic rings. The highest BCUT2D eigenvalue weighted by Gasteiger charge is 2.11. The van der Waals surface area contributed by atoms with Crippen LogP contribution in [0.15, 0.2) is 0 Å². The van der Waals surface area contributed by atoms with Crippen LogP contribution in [-0.4, -0.2) is 38.1 Å². The summed E-state index contributed by atoms with van der Waals surface area (Å²) in [4.78, 5) is 13.2. The number of unbranched alkanes of at least 4 members (excludes halogenated alkanes) is 1. The lowest BCUT2D eigenvalue weighted by molar-refractivity contribution is -0.133. The van der Waals surface area contributed by atoms with E-state index in [1.165, 1.54) is 0 Å². The first kappa shape index (κ1) is 12.4. The number of amides is 1. The summed E-state index contributed by atoms with van der Waals surface area (Å²) in [5.41, 5.74) is 0. The summed E-state index contributed by atoms with van der Waals surface area (Å²) in [6.07, 6.45) is 2.04. The standard InChI is InChI=1S/C10H21NO2/c1-9(2)10(12)11(3)7-5-6-8-13-4/h9H,5-8H2,1-4H3. The van der Waals surface area contributed by atoms with E-state index in [-0.39, 0.29) is 11.8 Å². The number of methoxy groups -OCH3 is 1. The van der Waals surface area contributed by atoms with Crippen LogP contribution < -0.4 is 0 Å². The molecule has 0 atom stereocenters. The molecule has 3 nitrogen and oxygen atoms in total. The van der Waals surface area contributed by atoms with Gasteiger partial charge in [-0.1, -0.05) is 13.8 Å². The van der Waals surface area contributed by atoms with E-state index in [0.29, 0.717) is 0 Å². The molecule has 0 aromatic carbocycles. The van der Waals surface area contributed by atoms with E-state index in [1.54, 1.807) is 12.0 Å². The summed E-state index contributed by atoms with van der Waals surface area (Å²) in [7, 11) is 3.55. The Morgan fingerprint density at radius 2 is 2.00 bits per heavy atom. The Bertz CT molecular complexity index is 146. The minimum Gasteiger partial charge on any atom is -0.385 e. The first-order chi connectivity index (χ1) is 6.09. The highest BCUT2D eigenvalue weighted by atomic mass is 16.5. The Morgan fingerprint density at radius 1 is 1.38 bits per heavy atom. The molecule has 0 unspecified atom stereocenters. The van der Waals surface area contributed by atoms with Gasteiger partial charge in [-0.25, -0.2) is 0 Å². The zero-order valence-corrected chi connectivity index (χ0v) is 9.17. The van der Waals surface area contributed by atoms with E-state index in [1.807, 2.05) is 20.9 Å². The van der Waals surface area contributed by atoms with Gasteiger partial charge in [0.1, 0.15) is 0 Å². The number of nitrogens with zero attached hydrogens (tertiary/aromatic N) is 1. The molecule has 13 heavy (non-hydrogen) atoms. The fourth-order valence-electron chi connectivity index (χ4n) is 1.15. The minimum atomic E-state index is 0.104. The van der Waals surface area contributed by atoms with Gasteiger partial charge >= 0.3 is 0 Å². The fraction of sp³-hybridized carbons (Fsp3) is 0.900. The Labute approximate surface area is 81.1 Å². The first-order valence-electron chi connectivity index (χ1n) is 4.83. The van der Waals surface area contributed by atoms with Crippen LogP contribution in [0.2, 0.25) is 0 Å². The maximum absolute atomic E-state index is 11.4. The summed E-state index contributed by atoms with van der Waals surface area (Å²) < 4.78 is 4.93. The highest BCUT2D eigenvalue weighted by molar-refractivity contribution is 5.77. The maximum atomic E-state index is 11.4. The van der Waals surface area contributed by atoms with Gasteiger partial charge in [-0.3, -0.25) is 4.79 Å². The normalized spacial score (nSPS) is 10.5. The lowest BCUT2D eigenvalue weighted by Gasteiger charge is -2.18. The third kappa shape index (κ3) is 5.64. The van der Waals surface area contributed by atoms with Crippen LogP contribution in [0.5, 0.6) is 0 Å². The van der Waals surface area contributed by atoms with E-state index < -0.39 is 0 Å². The Balaban J connectivity index is 3.50. The molecule has 0 radical (unpaired) electrons. The van der Waals surface area contributed by atoms with Crippen LogP contribution in [0.4, 0.5) is 0 Å². The van der Waals surface area contributed by atoms with E-state index in [9.17, 15) is 4.79 Å². The molecule has 0 aliphatic carbocycles. The third-order valence-electron chi connectivity index (χ3n) is 1.96. The Kier molecular flexibility index (Phi) is 6.59. The Hall–Kier alpha value is -0.570. The van der Waals surface area contributed by atoms with Crippen LogP contribution in [0.1, 0.15) is 26.7 Å². The van der Waals surface area contributed by atoms with Gasteiger partial charge in [0.15, 0.2) is 0 Å². The molecule has 0 aromatic heterocycles. The molecule has 78 valence electrons. The van der Waals surface area contributed by atoms with Crippen molar-refractivity contribution in [2.24, 2.45) is 5.92 Å². The SMILES string of the molecule is COCCCCN(C)C(=O)C(C)C. The number of carbonyl (C=O) groups excluding carboxylic acids is 1. The van der Waals surface area contributed by atoms with Crippen LogP contribution in [0.3, 0.4) is 0 Å². The van der Waals surface area contributed by atoms with Gasteiger partial charge in [-0.05, 0) is 12.8 Å². The van der Waals surface area contributed by atoms with E-state index in [4.69, 9.17) is 4.74 Å². The van der Waals surface area contributed by atoms with Gasteiger partial charge in [0.05, 0.1) is 0 Å². The zero-order chi connectivity index (χ0) is 10.3. The fourth-order valence-corrected chi connectivity index (χ4v) is 1.15. The molecule has 0 rings (SSSR count). The molecule has 0 saturated heterocycles. The average Bonchev–Trinajstić information content (AvgIpc) is 2.10. The van der Waals surface area contributed by atoms with Crippen molar-refractivity contribution in [3.63, 3.8) is 0 Å². The number of carbonyl (C=O) groups is 1. The number of hydrogen-bond acceptors (Lipinski definition) is 2. The lowest BCUT2D eigenvalue weighted by atomic mass is 10.2. The molecule has 0 aliphatic rings. The molecular weight excluding hydrogens is 166 g/mol. The average molecular weight is 187 g/mol. The van der Waals surface area contributed by atoms with Gasteiger partial charge in [0, 0.05) is 33.2 Å². The van der Waals surface area contributed by atoms with E-state index >= 15 is 0 Å². The van der Waals surface area contributed by atoms with Gasteiger partial charge in [-0.15, -0.1) is 0 Å². The molecule has 0 heterocycles. The topological polar surface area (TPSA) is 29.5 Å². The predicted octanol–water partition coefficient (Wildman–Crippen LogP) is 1.53. The summed E-state index contributed by atoms with van der Waals surface area (Å²) in [5.74, 6) is 0.324. The molecule has 0 bridgehead atoms. The second-order valence-corrected chi connectivity index (χ2v) is 3.61. The molecule has 0 N–H and O–H groups in total. The molecule has 0 saturated carbocycles. The number of hydrogen-bond donors (Lipinski definition) is 0. The van der Waals surface area contributed by atoms with Gasteiger partial charge in [0.2, 0.25) is 5.91 Å². The van der Waals surface area contributed by atoms with Crippen molar-refractivity contribution in [1.29, 1.82) is 0 Å². The molecular formula is C10H21NO2. The van der Waals surface area contributed by atoms with Gasteiger partial charge in [-0.2, -0.15) is 0 Å². The van der Waals surface area contributed by atoms with Crippen LogP contribution in [0, 0.1) is 5.92 Å². The van der Waals surface area contributed by atoms with Crippen molar-refractivity contribution in [2.45, 2.75) is 26.7 Å². The maximum Gasteiger partial charge on any atom is 0.224 e. The zero-order valence-electron chi connectivity index (χ0n) is 9.17. The largest absolute Gasteiger partial charge is 0.385 e. The van der Waals surface area contributed by atoms with Crippen LogP contribution in [0.25, 0.3) is 0 Å².